The summed E-state index contributed by atoms with van der Waals surface area (Å²) in [5.74, 6) is 1.90. The van der Waals surface area contributed by atoms with Crippen molar-refractivity contribution in [2.75, 3.05) is 5.73 Å². The zero-order valence-corrected chi connectivity index (χ0v) is 13.0. The molecule has 3 rings (SSSR count). The van der Waals surface area contributed by atoms with E-state index in [1.54, 1.807) is 0 Å². The highest BCUT2D eigenvalue weighted by atomic mass is 16.5. The number of aromatic amines is 1. The molecular weight excluding hydrogens is 274 g/mol. The number of nitrogens with one attached hydrogen (secondary N) is 1. The lowest BCUT2D eigenvalue weighted by molar-refractivity contribution is 0.309. The van der Waals surface area contributed by atoms with Crippen molar-refractivity contribution in [3.8, 4) is 5.75 Å². The van der Waals surface area contributed by atoms with Crippen LogP contribution >= 0.6 is 0 Å². The molecule has 1 heterocycles. The number of hydrogen-bond acceptors (Lipinski definition) is 3. The van der Waals surface area contributed by atoms with Crippen LogP contribution in [-0.2, 0) is 13.0 Å². The molecule has 0 spiro atoms. The van der Waals surface area contributed by atoms with E-state index < -0.39 is 0 Å². The van der Waals surface area contributed by atoms with Crippen molar-refractivity contribution in [3.63, 3.8) is 0 Å². The van der Waals surface area contributed by atoms with Crippen LogP contribution in [0.5, 0.6) is 5.75 Å². The van der Waals surface area contributed by atoms with Crippen LogP contribution in [0.2, 0.25) is 0 Å². The minimum absolute atomic E-state index is 0.519. The van der Waals surface area contributed by atoms with E-state index >= 15 is 0 Å². The maximum atomic E-state index is 6.01. The third-order valence-electron chi connectivity index (χ3n) is 3.61. The van der Waals surface area contributed by atoms with Crippen molar-refractivity contribution in [2.24, 2.45) is 5.92 Å². The van der Waals surface area contributed by atoms with Gasteiger partial charge in [0.2, 0.25) is 0 Å². The Morgan fingerprint density at radius 2 is 1.91 bits per heavy atom. The molecule has 4 nitrogen and oxygen atoms in total. The van der Waals surface area contributed by atoms with Crippen molar-refractivity contribution in [3.05, 3.63) is 53.6 Å². The molecule has 22 heavy (non-hydrogen) atoms. The third-order valence-corrected chi connectivity index (χ3v) is 3.61. The van der Waals surface area contributed by atoms with E-state index in [1.807, 2.05) is 18.2 Å². The number of H-pyrrole nitrogens is 1. The molecule has 0 amide bonds. The lowest BCUT2D eigenvalue weighted by atomic mass is 10.0. The maximum absolute atomic E-state index is 6.01. The maximum Gasteiger partial charge on any atom is 0.153 e. The van der Waals surface area contributed by atoms with Crippen LogP contribution in [0.15, 0.2) is 42.5 Å². The Bertz CT molecular complexity index is 763. The second-order valence-corrected chi connectivity index (χ2v) is 6.00. The van der Waals surface area contributed by atoms with E-state index in [-0.39, 0.29) is 0 Å². The SMILES string of the molecule is CC(C)Cc1cc(OCc2ccccc2)c2[nH]nc(N)c2c1. The van der Waals surface area contributed by atoms with E-state index in [9.17, 15) is 0 Å². The van der Waals surface area contributed by atoms with Crippen molar-refractivity contribution < 1.29 is 4.74 Å². The second kappa shape index (κ2) is 6.10. The van der Waals surface area contributed by atoms with Gasteiger partial charge in [0.05, 0.1) is 0 Å². The highest BCUT2D eigenvalue weighted by molar-refractivity contribution is 5.93. The lowest BCUT2D eigenvalue weighted by Crippen LogP contribution is -1.99. The summed E-state index contributed by atoms with van der Waals surface area (Å²) in [5.41, 5.74) is 9.17. The molecule has 0 aliphatic heterocycles. The van der Waals surface area contributed by atoms with Gasteiger partial charge in [-0.05, 0) is 35.6 Å². The van der Waals surface area contributed by atoms with Gasteiger partial charge in [-0.1, -0.05) is 44.2 Å². The predicted octanol–water partition coefficient (Wildman–Crippen LogP) is 3.92. The number of aromatic nitrogens is 2. The van der Waals surface area contributed by atoms with Gasteiger partial charge < -0.3 is 10.5 Å². The van der Waals surface area contributed by atoms with Gasteiger partial charge in [-0.2, -0.15) is 5.10 Å². The predicted molar refractivity (Wildman–Crippen MR) is 89.8 cm³/mol. The third kappa shape index (κ3) is 3.06. The normalized spacial score (nSPS) is 11.2. The Balaban J connectivity index is 1.92. The number of hydrogen-bond donors (Lipinski definition) is 2. The number of nitrogen functional groups attached to an aromatic ring is 1. The van der Waals surface area contributed by atoms with Gasteiger partial charge in [0, 0.05) is 5.39 Å². The van der Waals surface area contributed by atoms with E-state index in [0.717, 1.165) is 28.6 Å². The molecule has 0 saturated heterocycles. The van der Waals surface area contributed by atoms with Crippen molar-refractivity contribution in [1.82, 2.24) is 10.2 Å². The van der Waals surface area contributed by atoms with Gasteiger partial charge in [-0.3, -0.25) is 5.10 Å². The number of rotatable bonds is 5. The summed E-state index contributed by atoms with van der Waals surface area (Å²) in [6, 6.07) is 14.3. The van der Waals surface area contributed by atoms with Gasteiger partial charge >= 0.3 is 0 Å². The van der Waals surface area contributed by atoms with Crippen LogP contribution in [-0.4, -0.2) is 10.2 Å². The quantitative estimate of drug-likeness (QED) is 0.749. The summed E-state index contributed by atoms with van der Waals surface area (Å²) in [6.07, 6.45) is 0.988. The second-order valence-electron chi connectivity index (χ2n) is 6.00. The first-order valence-electron chi connectivity index (χ1n) is 7.56. The molecule has 4 heteroatoms. The summed E-state index contributed by atoms with van der Waals surface area (Å²) in [7, 11) is 0. The van der Waals surface area contributed by atoms with Crippen molar-refractivity contribution in [1.29, 1.82) is 0 Å². The molecule has 114 valence electrons. The number of nitrogens with two attached hydrogens (primary N) is 1. The summed E-state index contributed by atoms with van der Waals surface area (Å²) in [5, 5.41) is 8.01. The molecule has 0 radical (unpaired) electrons. The summed E-state index contributed by atoms with van der Waals surface area (Å²) in [6.45, 7) is 4.93. The molecule has 0 aliphatic rings. The molecule has 2 aromatic carbocycles. The van der Waals surface area contributed by atoms with E-state index in [4.69, 9.17) is 10.5 Å². The molecule has 1 aromatic heterocycles. The van der Waals surface area contributed by atoms with Crippen LogP contribution in [0.1, 0.15) is 25.0 Å². The number of ether oxygens (including phenoxy) is 1. The Kier molecular flexibility index (Phi) is 4.00. The molecule has 0 atom stereocenters. The van der Waals surface area contributed by atoms with Gasteiger partial charge in [0.25, 0.3) is 0 Å². The first-order valence-corrected chi connectivity index (χ1v) is 7.56. The minimum atomic E-state index is 0.519. The first kappa shape index (κ1) is 14.4. The highest BCUT2D eigenvalue weighted by Crippen LogP contribution is 2.30. The fourth-order valence-corrected chi connectivity index (χ4v) is 2.60. The average Bonchev–Trinajstić information content (AvgIpc) is 2.87. The molecule has 0 fully saturated rings. The van der Waals surface area contributed by atoms with E-state index in [0.29, 0.717) is 18.3 Å². The smallest absolute Gasteiger partial charge is 0.153 e. The monoisotopic (exact) mass is 295 g/mol. The van der Waals surface area contributed by atoms with Crippen molar-refractivity contribution >= 4 is 16.7 Å². The topological polar surface area (TPSA) is 63.9 Å². The number of fused-ring (bicyclic) bond motifs is 1. The number of anilines is 1. The van der Waals surface area contributed by atoms with Crippen LogP contribution in [0.25, 0.3) is 10.9 Å². The molecule has 3 aromatic rings. The Hall–Kier alpha value is -2.49. The Morgan fingerprint density at radius 1 is 1.14 bits per heavy atom. The molecule has 3 N–H and O–H groups in total. The fourth-order valence-electron chi connectivity index (χ4n) is 2.60. The van der Waals surface area contributed by atoms with Crippen molar-refractivity contribution in [2.45, 2.75) is 26.9 Å². The minimum Gasteiger partial charge on any atom is -0.487 e. The van der Waals surface area contributed by atoms with Gasteiger partial charge in [-0.25, -0.2) is 0 Å². The summed E-state index contributed by atoms with van der Waals surface area (Å²) < 4.78 is 6.01. The van der Waals surface area contributed by atoms with Crippen LogP contribution < -0.4 is 10.5 Å². The van der Waals surface area contributed by atoms with Crippen LogP contribution in [0.4, 0.5) is 5.82 Å². The highest BCUT2D eigenvalue weighted by Gasteiger charge is 2.12. The van der Waals surface area contributed by atoms with E-state index in [2.05, 4.69) is 48.3 Å². The van der Waals surface area contributed by atoms with E-state index in [1.165, 1.54) is 5.56 Å². The zero-order chi connectivity index (χ0) is 15.5. The van der Waals surface area contributed by atoms with Gasteiger partial charge in [0.1, 0.15) is 17.9 Å². The van der Waals surface area contributed by atoms with Crippen LogP contribution in [0, 0.1) is 5.92 Å². The standard InChI is InChI=1S/C18H21N3O/c1-12(2)8-14-9-15-17(20-21-18(15)19)16(10-14)22-11-13-6-4-3-5-7-13/h3-7,9-10,12H,8,11H2,1-2H3,(H3,19,20,21). The number of benzene rings is 2. The fraction of sp³-hybridized carbons (Fsp3) is 0.278. The average molecular weight is 295 g/mol. The summed E-state index contributed by atoms with van der Waals surface area (Å²) >= 11 is 0. The van der Waals surface area contributed by atoms with Crippen LogP contribution in [0.3, 0.4) is 0 Å². The first-order chi connectivity index (χ1) is 10.6. The molecule has 0 aliphatic carbocycles. The zero-order valence-electron chi connectivity index (χ0n) is 13.0. The Morgan fingerprint density at radius 3 is 2.64 bits per heavy atom. The van der Waals surface area contributed by atoms with Gasteiger partial charge in [-0.15, -0.1) is 0 Å². The largest absolute Gasteiger partial charge is 0.487 e. The van der Waals surface area contributed by atoms with Gasteiger partial charge in [0.15, 0.2) is 5.82 Å². The molecule has 0 unspecified atom stereocenters. The molecule has 0 bridgehead atoms. The number of nitrogens with zero attached hydrogens (tertiary/aromatic N) is 1. The Labute approximate surface area is 130 Å². The molecule has 0 saturated carbocycles. The summed E-state index contributed by atoms with van der Waals surface area (Å²) in [4.78, 5) is 0. The molecular formula is C18H21N3O. The lowest BCUT2D eigenvalue weighted by Gasteiger charge is -2.11.